The molecule has 1 N–H and O–H groups in total. The zero-order valence-electron chi connectivity index (χ0n) is 14.0. The van der Waals surface area contributed by atoms with Crippen LogP contribution in [0, 0.1) is 6.92 Å². The highest BCUT2D eigenvalue weighted by atomic mass is 32.2. The van der Waals surface area contributed by atoms with Crippen LogP contribution in [0.15, 0.2) is 42.5 Å². The molecular formula is C19H20N2O3S. The van der Waals surface area contributed by atoms with Gasteiger partial charge in [0.2, 0.25) is 0 Å². The van der Waals surface area contributed by atoms with Gasteiger partial charge < -0.3 is 19.7 Å². The maximum absolute atomic E-state index is 12.7. The lowest BCUT2D eigenvalue weighted by molar-refractivity contribution is 0.171. The Morgan fingerprint density at radius 2 is 1.88 bits per heavy atom. The average Bonchev–Trinajstić information content (AvgIpc) is 3.13. The highest BCUT2D eigenvalue weighted by Gasteiger charge is 2.31. The zero-order valence-corrected chi connectivity index (χ0v) is 14.8. The number of hydrogen-bond donors (Lipinski definition) is 1. The zero-order chi connectivity index (χ0) is 17.2. The van der Waals surface area contributed by atoms with E-state index in [1.807, 2.05) is 54.3 Å². The fraction of sp³-hybridized carbons (Fsp3) is 0.316. The number of aryl methyl sites for hydroxylation is 1. The fourth-order valence-electron chi connectivity index (χ4n) is 3.00. The first-order chi connectivity index (χ1) is 12.2. The van der Waals surface area contributed by atoms with Crippen LogP contribution < -0.4 is 14.8 Å². The van der Waals surface area contributed by atoms with E-state index < -0.39 is 0 Å². The Bertz CT molecular complexity index is 779. The molecule has 1 fully saturated rings. The van der Waals surface area contributed by atoms with Gasteiger partial charge in [0.25, 0.3) is 0 Å². The second-order valence-corrected chi connectivity index (χ2v) is 7.30. The van der Waals surface area contributed by atoms with E-state index in [4.69, 9.17) is 9.47 Å². The molecule has 130 valence electrons. The predicted molar refractivity (Wildman–Crippen MR) is 99.5 cm³/mol. The molecule has 0 aromatic heterocycles. The Hall–Kier alpha value is -2.34. The van der Waals surface area contributed by atoms with E-state index in [9.17, 15) is 4.79 Å². The monoisotopic (exact) mass is 356 g/mol. The van der Waals surface area contributed by atoms with Gasteiger partial charge in [-0.15, -0.1) is 11.8 Å². The van der Waals surface area contributed by atoms with Gasteiger partial charge in [0.05, 0.1) is 0 Å². The summed E-state index contributed by atoms with van der Waals surface area (Å²) in [6.45, 7) is 3.89. The Labute approximate surface area is 151 Å². The second kappa shape index (κ2) is 6.88. The van der Waals surface area contributed by atoms with Crippen molar-refractivity contribution in [2.45, 2.75) is 12.3 Å². The number of rotatable bonds is 2. The summed E-state index contributed by atoms with van der Waals surface area (Å²) in [6, 6.07) is 13.7. The molecule has 0 bridgehead atoms. The minimum atomic E-state index is -0.0752. The summed E-state index contributed by atoms with van der Waals surface area (Å²) in [5.74, 6) is 2.45. The van der Waals surface area contributed by atoms with Gasteiger partial charge in [-0.2, -0.15) is 0 Å². The van der Waals surface area contributed by atoms with Gasteiger partial charge in [0.1, 0.15) is 18.6 Å². The van der Waals surface area contributed by atoms with Crippen LogP contribution in [0.25, 0.3) is 0 Å². The number of fused-ring (bicyclic) bond motifs is 1. The highest BCUT2D eigenvalue weighted by Crippen LogP contribution is 2.41. The lowest BCUT2D eigenvalue weighted by Gasteiger charge is -2.26. The standard InChI is InChI=1S/C19H20N2O3S/c1-13-2-5-15(6-3-13)20-19(22)21-8-11-25-18(21)14-4-7-16-17(12-14)24-10-9-23-16/h2-7,12,18H,8-11H2,1H3,(H,20,22)/t18-/m1/s1. The molecule has 0 aliphatic carbocycles. The van der Waals surface area contributed by atoms with E-state index in [1.54, 1.807) is 11.8 Å². The van der Waals surface area contributed by atoms with E-state index in [0.717, 1.165) is 35.0 Å². The number of carbonyl (C=O) groups excluding carboxylic acids is 1. The number of ether oxygens (including phenoxy) is 2. The molecule has 0 unspecified atom stereocenters. The minimum Gasteiger partial charge on any atom is -0.486 e. The summed E-state index contributed by atoms with van der Waals surface area (Å²) in [5.41, 5.74) is 3.04. The smallest absolute Gasteiger partial charge is 0.323 e. The number of anilines is 1. The largest absolute Gasteiger partial charge is 0.486 e. The van der Waals surface area contributed by atoms with Gasteiger partial charge in [-0.3, -0.25) is 0 Å². The molecule has 4 rings (SSSR count). The van der Waals surface area contributed by atoms with E-state index in [-0.39, 0.29) is 11.4 Å². The molecule has 6 heteroatoms. The lowest BCUT2D eigenvalue weighted by Crippen LogP contribution is -2.34. The molecule has 2 amide bonds. The van der Waals surface area contributed by atoms with Crippen molar-refractivity contribution in [3.63, 3.8) is 0 Å². The van der Waals surface area contributed by atoms with Crippen LogP contribution in [0.2, 0.25) is 0 Å². The number of benzene rings is 2. The topological polar surface area (TPSA) is 50.8 Å². The van der Waals surface area contributed by atoms with Crippen molar-refractivity contribution in [3.8, 4) is 11.5 Å². The Balaban J connectivity index is 1.51. The molecule has 1 saturated heterocycles. The first-order valence-electron chi connectivity index (χ1n) is 8.36. The van der Waals surface area contributed by atoms with Gasteiger partial charge in [-0.25, -0.2) is 4.79 Å². The lowest BCUT2D eigenvalue weighted by atomic mass is 10.1. The normalized spacial score (nSPS) is 18.9. The quantitative estimate of drug-likeness (QED) is 0.882. The van der Waals surface area contributed by atoms with Crippen molar-refractivity contribution < 1.29 is 14.3 Å². The van der Waals surface area contributed by atoms with Gasteiger partial charge >= 0.3 is 6.03 Å². The molecule has 2 aromatic rings. The number of hydrogen-bond acceptors (Lipinski definition) is 4. The number of carbonyl (C=O) groups is 1. The van der Waals surface area contributed by atoms with Crippen molar-refractivity contribution in [2.24, 2.45) is 0 Å². The van der Waals surface area contributed by atoms with Crippen LogP contribution in [-0.4, -0.2) is 36.4 Å². The molecule has 0 radical (unpaired) electrons. The molecule has 2 heterocycles. The van der Waals surface area contributed by atoms with Crippen LogP contribution in [0.1, 0.15) is 16.5 Å². The number of nitrogens with zero attached hydrogens (tertiary/aromatic N) is 1. The summed E-state index contributed by atoms with van der Waals surface area (Å²) in [7, 11) is 0. The third-order valence-electron chi connectivity index (χ3n) is 4.31. The fourth-order valence-corrected chi connectivity index (χ4v) is 4.25. The van der Waals surface area contributed by atoms with Crippen molar-refractivity contribution in [1.82, 2.24) is 4.90 Å². The SMILES string of the molecule is Cc1ccc(NC(=O)N2CCS[C@@H]2c2ccc3c(c2)OCCO3)cc1. The molecule has 0 spiro atoms. The Morgan fingerprint density at radius 1 is 1.12 bits per heavy atom. The van der Waals surface area contributed by atoms with E-state index >= 15 is 0 Å². The van der Waals surface area contributed by atoms with Crippen LogP contribution in [0.5, 0.6) is 11.5 Å². The number of amides is 2. The maximum atomic E-state index is 12.7. The van der Waals surface area contributed by atoms with Gasteiger partial charge in [0, 0.05) is 18.0 Å². The number of urea groups is 1. The first kappa shape index (κ1) is 16.1. The molecule has 0 saturated carbocycles. The summed E-state index contributed by atoms with van der Waals surface area (Å²) in [5, 5.41) is 2.98. The molecular weight excluding hydrogens is 336 g/mol. The maximum Gasteiger partial charge on any atom is 0.323 e. The van der Waals surface area contributed by atoms with Crippen molar-refractivity contribution >= 4 is 23.5 Å². The van der Waals surface area contributed by atoms with Crippen molar-refractivity contribution in [1.29, 1.82) is 0 Å². The summed E-state index contributed by atoms with van der Waals surface area (Å²) >= 11 is 1.76. The van der Waals surface area contributed by atoms with E-state index in [1.165, 1.54) is 5.56 Å². The average molecular weight is 356 g/mol. The molecule has 2 aromatic carbocycles. The third-order valence-corrected chi connectivity index (χ3v) is 5.57. The molecule has 25 heavy (non-hydrogen) atoms. The van der Waals surface area contributed by atoms with Crippen molar-refractivity contribution in [3.05, 3.63) is 53.6 Å². The van der Waals surface area contributed by atoms with Crippen molar-refractivity contribution in [2.75, 3.05) is 30.8 Å². The van der Waals surface area contributed by atoms with Gasteiger partial charge in [0.15, 0.2) is 11.5 Å². The van der Waals surface area contributed by atoms with Crippen LogP contribution in [0.4, 0.5) is 10.5 Å². The van der Waals surface area contributed by atoms with E-state index in [2.05, 4.69) is 5.32 Å². The van der Waals surface area contributed by atoms with Crippen LogP contribution >= 0.6 is 11.8 Å². The minimum absolute atomic E-state index is 0.0127. The summed E-state index contributed by atoms with van der Waals surface area (Å²) < 4.78 is 11.3. The second-order valence-electron chi connectivity index (χ2n) is 6.12. The molecule has 2 aliphatic rings. The van der Waals surface area contributed by atoms with Gasteiger partial charge in [-0.05, 0) is 36.8 Å². The molecule has 5 nitrogen and oxygen atoms in total. The first-order valence-corrected chi connectivity index (χ1v) is 9.41. The van der Waals surface area contributed by atoms with Crippen LogP contribution in [0.3, 0.4) is 0 Å². The van der Waals surface area contributed by atoms with Gasteiger partial charge in [-0.1, -0.05) is 23.8 Å². The third kappa shape index (κ3) is 3.39. The summed E-state index contributed by atoms with van der Waals surface area (Å²) in [6.07, 6.45) is 0. The number of thioether (sulfide) groups is 1. The predicted octanol–water partition coefficient (Wildman–Crippen LogP) is 4.05. The Kier molecular flexibility index (Phi) is 4.44. The molecule has 1 atom stereocenters. The Morgan fingerprint density at radius 3 is 2.68 bits per heavy atom. The van der Waals surface area contributed by atoms with Crippen LogP contribution in [-0.2, 0) is 0 Å². The number of nitrogens with one attached hydrogen (secondary N) is 1. The highest BCUT2D eigenvalue weighted by molar-refractivity contribution is 7.99. The summed E-state index contributed by atoms with van der Waals surface area (Å²) in [4.78, 5) is 14.6. The molecule has 2 aliphatic heterocycles. The van der Waals surface area contributed by atoms with E-state index in [0.29, 0.717) is 13.2 Å².